The lowest BCUT2D eigenvalue weighted by Gasteiger charge is -2.41. The van der Waals surface area contributed by atoms with Gasteiger partial charge in [0.2, 0.25) is 11.8 Å². The smallest absolute Gasteiger partial charge is 0.307 e. The molecule has 1 heterocycles. The number of ketones is 2. The number of likely N-dealkylation sites (tertiary alicyclic amines) is 1. The predicted octanol–water partition coefficient (Wildman–Crippen LogP) is 6.80. The zero-order chi connectivity index (χ0) is 42.3. The summed E-state index contributed by atoms with van der Waals surface area (Å²) in [6.07, 6.45) is 2.14. The Hall–Kier alpha value is -3.15. The van der Waals surface area contributed by atoms with Gasteiger partial charge in [0.1, 0.15) is 5.78 Å². The van der Waals surface area contributed by atoms with E-state index in [-0.39, 0.29) is 78.9 Å². The fourth-order valence-corrected chi connectivity index (χ4v) is 8.90. The molecule has 1 N–H and O–H groups in total. The van der Waals surface area contributed by atoms with Crippen LogP contribution >= 0.6 is 0 Å². The number of rotatable bonds is 26. The minimum atomic E-state index is -1.02. The third-order valence-electron chi connectivity index (χ3n) is 12.3. The van der Waals surface area contributed by atoms with Crippen LogP contribution < -0.4 is 0 Å². The monoisotopic (exact) mass is 786 g/mol. The molecule has 0 bridgehead atoms. The highest BCUT2D eigenvalue weighted by Gasteiger charge is 2.43. The lowest BCUT2D eigenvalue weighted by Crippen LogP contribution is -2.54. The molecule has 56 heavy (non-hydrogen) atoms. The van der Waals surface area contributed by atoms with Gasteiger partial charge in [-0.3, -0.25) is 28.9 Å². The topological polar surface area (TPSA) is 134 Å². The Morgan fingerprint density at radius 1 is 0.875 bits per heavy atom. The molecule has 9 atom stereocenters. The van der Waals surface area contributed by atoms with Gasteiger partial charge >= 0.3 is 5.97 Å². The molecule has 1 fully saturated rings. The molecule has 1 aromatic rings. The fraction of sp³-hybridized carbons (Fsp3) is 0.756. The van der Waals surface area contributed by atoms with Gasteiger partial charge in [0.05, 0.1) is 42.7 Å². The van der Waals surface area contributed by atoms with E-state index in [1.54, 1.807) is 30.9 Å². The number of ether oxygens (including phenoxy) is 2. The van der Waals surface area contributed by atoms with Crippen molar-refractivity contribution in [3.05, 3.63) is 35.9 Å². The van der Waals surface area contributed by atoms with E-state index in [9.17, 15) is 29.1 Å². The SMILES string of the molecule is CCCN(CC)[C@H](C(=O)C[C@H](C(=O)N(C)[C@@H]([C@@H](C)CC)[C@@H](CC(=O)N1CCC[C@H]1[C@H](OC)[C@@H](C)C(=O)C[C@@H](Cc1ccccc1)C(=O)O)OC)C(C)C)C(C)C. The maximum atomic E-state index is 14.5. The van der Waals surface area contributed by atoms with Gasteiger partial charge in [-0.05, 0) is 62.1 Å². The summed E-state index contributed by atoms with van der Waals surface area (Å²) in [5.41, 5.74) is 0.852. The number of hydrogen-bond donors (Lipinski definition) is 1. The lowest BCUT2D eigenvalue weighted by molar-refractivity contribution is -0.149. The number of nitrogens with zero attached hydrogens (tertiary/aromatic N) is 3. The highest BCUT2D eigenvalue weighted by Crippen LogP contribution is 2.32. The van der Waals surface area contributed by atoms with Crippen molar-refractivity contribution in [1.82, 2.24) is 14.7 Å². The second kappa shape index (κ2) is 23.9. The number of benzene rings is 1. The molecule has 11 heteroatoms. The molecule has 1 saturated heterocycles. The van der Waals surface area contributed by atoms with Gasteiger partial charge in [0.25, 0.3) is 0 Å². The van der Waals surface area contributed by atoms with Gasteiger partial charge in [-0.2, -0.15) is 0 Å². The molecule has 2 rings (SSSR count). The van der Waals surface area contributed by atoms with Crippen molar-refractivity contribution < 1.29 is 38.6 Å². The number of amides is 2. The van der Waals surface area contributed by atoms with Crippen LogP contribution in [0, 0.1) is 35.5 Å². The summed E-state index contributed by atoms with van der Waals surface area (Å²) in [4.78, 5) is 74.2. The molecule has 11 nitrogen and oxygen atoms in total. The fourth-order valence-electron chi connectivity index (χ4n) is 8.90. The average molecular weight is 786 g/mol. The molecule has 0 spiro atoms. The molecular weight excluding hydrogens is 711 g/mol. The molecule has 1 aliphatic heterocycles. The second-order valence-corrected chi connectivity index (χ2v) is 16.8. The van der Waals surface area contributed by atoms with Crippen LogP contribution in [0.15, 0.2) is 30.3 Å². The summed E-state index contributed by atoms with van der Waals surface area (Å²) >= 11 is 0. The van der Waals surface area contributed by atoms with Crippen molar-refractivity contribution in [3.8, 4) is 0 Å². The molecule has 0 aromatic heterocycles. The Morgan fingerprint density at radius 2 is 1.52 bits per heavy atom. The summed E-state index contributed by atoms with van der Waals surface area (Å²) in [6.45, 7) is 20.3. The average Bonchev–Trinajstić information content (AvgIpc) is 3.65. The first-order chi connectivity index (χ1) is 26.5. The number of likely N-dealkylation sites (N-methyl/N-ethyl adjacent to an activating group) is 2. The molecule has 318 valence electrons. The highest BCUT2D eigenvalue weighted by atomic mass is 16.5. The lowest BCUT2D eigenvalue weighted by atomic mass is 9.83. The molecule has 1 aliphatic rings. The van der Waals surface area contributed by atoms with E-state index in [4.69, 9.17) is 9.47 Å². The summed E-state index contributed by atoms with van der Waals surface area (Å²) in [5, 5.41) is 9.96. The van der Waals surface area contributed by atoms with Crippen molar-refractivity contribution in [3.63, 3.8) is 0 Å². The van der Waals surface area contributed by atoms with Gasteiger partial charge < -0.3 is 24.4 Å². The van der Waals surface area contributed by atoms with Crippen LogP contribution in [0.1, 0.15) is 113 Å². The van der Waals surface area contributed by atoms with Crippen LogP contribution in [0.4, 0.5) is 0 Å². The number of aliphatic carboxylic acids is 1. The molecule has 1 aromatic carbocycles. The highest BCUT2D eigenvalue weighted by molar-refractivity contribution is 5.90. The van der Waals surface area contributed by atoms with Gasteiger partial charge in [-0.1, -0.05) is 99.1 Å². The number of carboxylic acids is 1. The first-order valence-corrected chi connectivity index (χ1v) is 21.2. The van der Waals surface area contributed by atoms with E-state index in [1.165, 1.54) is 7.11 Å². The van der Waals surface area contributed by atoms with Crippen molar-refractivity contribution in [2.24, 2.45) is 35.5 Å². The van der Waals surface area contributed by atoms with E-state index in [2.05, 4.69) is 46.4 Å². The summed E-state index contributed by atoms with van der Waals surface area (Å²) < 4.78 is 12.0. The quantitative estimate of drug-likeness (QED) is 0.108. The molecule has 0 unspecified atom stereocenters. The summed E-state index contributed by atoms with van der Waals surface area (Å²) in [7, 11) is 4.89. The van der Waals surface area contributed by atoms with Crippen molar-refractivity contribution in [2.45, 2.75) is 144 Å². The molecule has 0 aliphatic carbocycles. The Kier molecular flexibility index (Phi) is 20.9. The molecular formula is C45H75N3O8. The second-order valence-electron chi connectivity index (χ2n) is 16.8. The van der Waals surface area contributed by atoms with Gasteiger partial charge in [0.15, 0.2) is 5.78 Å². The Labute approximate surface area is 338 Å². The van der Waals surface area contributed by atoms with Crippen molar-refractivity contribution in [2.75, 3.05) is 40.9 Å². The maximum absolute atomic E-state index is 14.5. The van der Waals surface area contributed by atoms with Crippen LogP contribution in [0.2, 0.25) is 0 Å². The summed E-state index contributed by atoms with van der Waals surface area (Å²) in [5.74, 6) is -3.41. The summed E-state index contributed by atoms with van der Waals surface area (Å²) in [6, 6.07) is 8.23. The number of Topliss-reactive ketones (excluding diaryl/α,β-unsaturated/α-hetero) is 2. The van der Waals surface area contributed by atoms with Crippen molar-refractivity contribution >= 4 is 29.4 Å². The van der Waals surface area contributed by atoms with Crippen LogP contribution in [0.25, 0.3) is 0 Å². The Morgan fingerprint density at radius 3 is 2.02 bits per heavy atom. The molecule has 2 amide bonds. The van der Waals surface area contributed by atoms with E-state index in [0.717, 1.165) is 37.9 Å². The maximum Gasteiger partial charge on any atom is 0.307 e. The number of methoxy groups -OCH3 is 2. The number of carbonyl (C=O) groups is 5. The number of carboxylic acid groups (broad SMARTS) is 1. The van der Waals surface area contributed by atoms with Crippen LogP contribution in [-0.2, 0) is 39.9 Å². The standard InChI is InChI=1S/C45H75N3O8/c1-13-23-47(15-3)41(30(6)7)38(50)27-35(29(4)5)44(52)46(10)42(31(8)14-2)39(55-11)28-40(51)48-24-19-22-36(48)43(56-12)32(9)37(49)26-34(45(53)54)25-33-20-17-16-18-21-33/h16-18,20-21,29-32,34-36,39,41-43H,13-15,19,22-28H2,1-12H3,(H,53,54)/t31-,32-,34+,35-,36-,39+,41-,42-,43+/m0/s1. The molecule has 0 saturated carbocycles. The first kappa shape index (κ1) is 49.0. The zero-order valence-corrected chi connectivity index (χ0v) is 36.7. The largest absolute Gasteiger partial charge is 0.481 e. The van der Waals surface area contributed by atoms with Crippen LogP contribution in [0.3, 0.4) is 0 Å². The van der Waals surface area contributed by atoms with Crippen LogP contribution in [0.5, 0.6) is 0 Å². The Bertz CT molecular complexity index is 1390. The third kappa shape index (κ3) is 13.2. The van der Waals surface area contributed by atoms with Gasteiger partial charge in [-0.15, -0.1) is 0 Å². The minimum Gasteiger partial charge on any atom is -0.481 e. The number of hydrogen-bond acceptors (Lipinski definition) is 8. The van der Waals surface area contributed by atoms with E-state index in [0.29, 0.717) is 13.0 Å². The predicted molar refractivity (Wildman–Crippen MR) is 221 cm³/mol. The van der Waals surface area contributed by atoms with E-state index in [1.807, 2.05) is 44.2 Å². The number of carbonyl (C=O) groups excluding carboxylic acids is 4. The third-order valence-corrected chi connectivity index (χ3v) is 12.3. The molecule has 0 radical (unpaired) electrons. The minimum absolute atomic E-state index is 0.00873. The van der Waals surface area contributed by atoms with Gasteiger partial charge in [-0.25, -0.2) is 0 Å². The van der Waals surface area contributed by atoms with E-state index < -0.39 is 42.0 Å². The van der Waals surface area contributed by atoms with E-state index >= 15 is 0 Å². The van der Waals surface area contributed by atoms with Crippen LogP contribution in [-0.4, -0.2) is 120 Å². The zero-order valence-electron chi connectivity index (χ0n) is 36.7. The first-order valence-electron chi connectivity index (χ1n) is 21.2. The van der Waals surface area contributed by atoms with Gasteiger partial charge in [0, 0.05) is 52.5 Å². The Balaban J connectivity index is 2.29. The van der Waals surface area contributed by atoms with Crippen molar-refractivity contribution in [1.29, 1.82) is 0 Å². The normalized spacial score (nSPS) is 19.0.